The van der Waals surface area contributed by atoms with E-state index in [0.717, 1.165) is 38.8 Å². The van der Waals surface area contributed by atoms with Crippen LogP contribution in [0.3, 0.4) is 0 Å². The Hall–Kier alpha value is -1.06. The number of carbonyl (C=O) groups is 2. The van der Waals surface area contributed by atoms with Gasteiger partial charge in [0.15, 0.2) is 0 Å². The van der Waals surface area contributed by atoms with Crippen molar-refractivity contribution in [3.63, 3.8) is 0 Å². The number of likely N-dealkylation sites (tertiary alicyclic amines) is 1. The minimum Gasteiger partial charge on any atom is -0.344 e. The molecule has 0 unspecified atom stereocenters. The molecular formula is C13H22N2O2. The van der Waals surface area contributed by atoms with Crippen LogP contribution in [-0.4, -0.2) is 35.8 Å². The molecule has 2 aliphatic rings. The van der Waals surface area contributed by atoms with E-state index in [4.69, 9.17) is 0 Å². The Kier molecular flexibility index (Phi) is 3.69. The molecule has 1 aliphatic carbocycles. The van der Waals surface area contributed by atoms with Crippen molar-refractivity contribution in [1.29, 1.82) is 0 Å². The summed E-state index contributed by atoms with van der Waals surface area (Å²) in [7, 11) is 0. The summed E-state index contributed by atoms with van der Waals surface area (Å²) in [4.78, 5) is 25.9. The van der Waals surface area contributed by atoms with Crippen LogP contribution >= 0.6 is 0 Å². The van der Waals surface area contributed by atoms with E-state index in [2.05, 4.69) is 5.32 Å². The van der Waals surface area contributed by atoms with E-state index < -0.39 is 0 Å². The molecule has 2 amide bonds. The highest BCUT2D eigenvalue weighted by Crippen LogP contribution is 2.29. The fourth-order valence-corrected chi connectivity index (χ4v) is 2.26. The minimum absolute atomic E-state index is 0.0660. The highest BCUT2D eigenvalue weighted by atomic mass is 16.2. The molecule has 4 heteroatoms. The van der Waals surface area contributed by atoms with Crippen molar-refractivity contribution in [2.24, 2.45) is 11.8 Å². The van der Waals surface area contributed by atoms with Crippen molar-refractivity contribution < 1.29 is 9.59 Å². The van der Waals surface area contributed by atoms with E-state index in [9.17, 15) is 9.59 Å². The van der Waals surface area contributed by atoms with E-state index in [1.54, 1.807) is 0 Å². The Morgan fingerprint density at radius 3 is 2.24 bits per heavy atom. The molecule has 2 rings (SSSR count). The summed E-state index contributed by atoms with van der Waals surface area (Å²) >= 11 is 0. The Balaban J connectivity index is 1.94. The zero-order chi connectivity index (χ0) is 12.4. The van der Waals surface area contributed by atoms with Crippen LogP contribution in [0.4, 0.5) is 0 Å². The third-order valence-electron chi connectivity index (χ3n) is 3.60. The van der Waals surface area contributed by atoms with Crippen LogP contribution in [0.2, 0.25) is 0 Å². The molecule has 0 bridgehead atoms. The van der Waals surface area contributed by atoms with Crippen molar-refractivity contribution in [3.05, 3.63) is 0 Å². The quantitative estimate of drug-likeness (QED) is 0.799. The van der Waals surface area contributed by atoms with Gasteiger partial charge in [-0.2, -0.15) is 0 Å². The average Bonchev–Trinajstić information content (AvgIpc) is 3.00. The SMILES string of the molecule is CC(C)[C@@H](NC(=O)C1CC1)C(=O)N1CCCC1. The molecule has 1 saturated heterocycles. The monoisotopic (exact) mass is 238 g/mol. The maximum atomic E-state index is 12.3. The van der Waals surface area contributed by atoms with Crippen molar-refractivity contribution in [3.8, 4) is 0 Å². The first kappa shape index (κ1) is 12.4. The van der Waals surface area contributed by atoms with Gasteiger partial charge in [-0.3, -0.25) is 9.59 Å². The number of nitrogens with zero attached hydrogens (tertiary/aromatic N) is 1. The molecule has 0 radical (unpaired) electrons. The molecule has 17 heavy (non-hydrogen) atoms. The fraction of sp³-hybridized carbons (Fsp3) is 0.846. The predicted octanol–water partition coefficient (Wildman–Crippen LogP) is 1.16. The molecule has 1 N–H and O–H groups in total. The highest BCUT2D eigenvalue weighted by Gasteiger charge is 2.35. The summed E-state index contributed by atoms with van der Waals surface area (Å²) in [6.45, 7) is 5.68. The lowest BCUT2D eigenvalue weighted by molar-refractivity contribution is -0.137. The van der Waals surface area contributed by atoms with E-state index in [1.807, 2.05) is 18.7 Å². The summed E-state index contributed by atoms with van der Waals surface area (Å²) in [6, 6.07) is -0.332. The highest BCUT2D eigenvalue weighted by molar-refractivity contribution is 5.89. The van der Waals surface area contributed by atoms with Gasteiger partial charge in [0, 0.05) is 19.0 Å². The number of hydrogen-bond acceptors (Lipinski definition) is 2. The molecule has 0 aromatic carbocycles. The smallest absolute Gasteiger partial charge is 0.245 e. The van der Waals surface area contributed by atoms with Gasteiger partial charge in [0.25, 0.3) is 0 Å². The molecule has 96 valence electrons. The minimum atomic E-state index is -0.332. The molecule has 4 nitrogen and oxygen atoms in total. The van der Waals surface area contributed by atoms with Crippen molar-refractivity contribution in [2.75, 3.05) is 13.1 Å². The molecule has 1 aliphatic heterocycles. The molecule has 2 fully saturated rings. The predicted molar refractivity (Wildman–Crippen MR) is 65.3 cm³/mol. The Morgan fingerprint density at radius 1 is 1.18 bits per heavy atom. The lowest BCUT2D eigenvalue weighted by atomic mass is 10.0. The second kappa shape index (κ2) is 5.07. The number of rotatable bonds is 4. The topological polar surface area (TPSA) is 49.4 Å². The second-order valence-electron chi connectivity index (χ2n) is 5.54. The molecule has 0 aromatic heterocycles. The number of carbonyl (C=O) groups excluding carboxylic acids is 2. The Bertz CT molecular complexity index is 305. The Morgan fingerprint density at radius 2 is 1.76 bits per heavy atom. The van der Waals surface area contributed by atoms with Gasteiger partial charge in [-0.25, -0.2) is 0 Å². The normalized spacial score (nSPS) is 21.7. The van der Waals surface area contributed by atoms with Crippen LogP contribution in [0.5, 0.6) is 0 Å². The zero-order valence-corrected chi connectivity index (χ0v) is 10.7. The summed E-state index contributed by atoms with van der Waals surface area (Å²) < 4.78 is 0. The lowest BCUT2D eigenvalue weighted by Gasteiger charge is -2.26. The number of hydrogen-bond donors (Lipinski definition) is 1. The summed E-state index contributed by atoms with van der Waals surface area (Å²) in [5.74, 6) is 0.496. The molecule has 0 aromatic rings. The van der Waals surface area contributed by atoms with Gasteiger partial charge in [-0.15, -0.1) is 0 Å². The van der Waals surface area contributed by atoms with Gasteiger partial charge < -0.3 is 10.2 Å². The molecule has 1 heterocycles. The summed E-state index contributed by atoms with van der Waals surface area (Å²) in [6.07, 6.45) is 4.14. The van der Waals surface area contributed by atoms with Crippen LogP contribution in [0.25, 0.3) is 0 Å². The van der Waals surface area contributed by atoms with Gasteiger partial charge in [0.2, 0.25) is 11.8 Å². The average molecular weight is 238 g/mol. The maximum Gasteiger partial charge on any atom is 0.245 e. The van der Waals surface area contributed by atoms with Crippen LogP contribution < -0.4 is 5.32 Å². The van der Waals surface area contributed by atoms with Gasteiger partial charge >= 0.3 is 0 Å². The Labute approximate surface area is 103 Å². The van der Waals surface area contributed by atoms with Gasteiger partial charge in [-0.05, 0) is 31.6 Å². The molecule has 0 spiro atoms. The third-order valence-corrected chi connectivity index (χ3v) is 3.60. The van der Waals surface area contributed by atoms with Gasteiger partial charge in [0.1, 0.15) is 6.04 Å². The van der Waals surface area contributed by atoms with Gasteiger partial charge in [-0.1, -0.05) is 13.8 Å². The van der Waals surface area contributed by atoms with Crippen LogP contribution in [0.15, 0.2) is 0 Å². The lowest BCUT2D eigenvalue weighted by Crippen LogP contribution is -2.50. The third kappa shape index (κ3) is 2.99. The zero-order valence-electron chi connectivity index (χ0n) is 10.7. The first-order chi connectivity index (χ1) is 8.09. The maximum absolute atomic E-state index is 12.3. The van der Waals surface area contributed by atoms with E-state index in [-0.39, 0.29) is 29.7 Å². The van der Waals surface area contributed by atoms with Crippen LogP contribution in [0.1, 0.15) is 39.5 Å². The number of nitrogens with one attached hydrogen (secondary N) is 1. The van der Waals surface area contributed by atoms with Crippen LogP contribution in [-0.2, 0) is 9.59 Å². The van der Waals surface area contributed by atoms with E-state index in [1.165, 1.54) is 0 Å². The molecular weight excluding hydrogens is 216 g/mol. The summed E-state index contributed by atoms with van der Waals surface area (Å²) in [5.41, 5.74) is 0. The first-order valence-corrected chi connectivity index (χ1v) is 6.68. The largest absolute Gasteiger partial charge is 0.344 e. The standard InChI is InChI=1S/C13H22N2O2/c1-9(2)11(14-12(16)10-5-6-10)13(17)15-7-3-4-8-15/h9-11H,3-8H2,1-2H3,(H,14,16)/t11-/m1/s1. The van der Waals surface area contributed by atoms with Gasteiger partial charge in [0.05, 0.1) is 0 Å². The van der Waals surface area contributed by atoms with E-state index >= 15 is 0 Å². The molecule has 1 atom stereocenters. The summed E-state index contributed by atoms with van der Waals surface area (Å²) in [5, 5.41) is 2.92. The second-order valence-corrected chi connectivity index (χ2v) is 5.54. The van der Waals surface area contributed by atoms with Crippen molar-refractivity contribution in [2.45, 2.75) is 45.6 Å². The first-order valence-electron chi connectivity index (χ1n) is 6.68. The van der Waals surface area contributed by atoms with Crippen molar-refractivity contribution >= 4 is 11.8 Å². The van der Waals surface area contributed by atoms with Crippen molar-refractivity contribution in [1.82, 2.24) is 10.2 Å². The fourth-order valence-electron chi connectivity index (χ4n) is 2.26. The van der Waals surface area contributed by atoms with Crippen LogP contribution in [0, 0.1) is 11.8 Å². The molecule has 1 saturated carbocycles. The van der Waals surface area contributed by atoms with E-state index in [0.29, 0.717) is 0 Å². The number of amides is 2.